The lowest BCUT2D eigenvalue weighted by atomic mass is 9.78. The zero-order valence-electron chi connectivity index (χ0n) is 15.1. The maximum atomic E-state index is 12.5. The van der Waals surface area contributed by atoms with Crippen LogP contribution in [0.2, 0.25) is 0 Å². The number of amides is 1. The molecule has 3 rings (SSSR count). The highest BCUT2D eigenvalue weighted by atomic mass is 32.2. The first-order valence-corrected chi connectivity index (χ1v) is 10.7. The topological polar surface area (TPSA) is 66.5 Å². The highest BCUT2D eigenvalue weighted by Gasteiger charge is 2.29. The second kappa shape index (κ2) is 7.46. The molecule has 0 aromatic heterocycles. The van der Waals surface area contributed by atoms with Gasteiger partial charge in [-0.3, -0.25) is 4.79 Å². The lowest BCUT2D eigenvalue weighted by Gasteiger charge is -2.34. The molecule has 6 heteroatoms. The quantitative estimate of drug-likeness (QED) is 0.893. The van der Waals surface area contributed by atoms with Crippen molar-refractivity contribution < 1.29 is 13.2 Å². The minimum Gasteiger partial charge on any atom is -0.349 e. The summed E-state index contributed by atoms with van der Waals surface area (Å²) in [6, 6.07) is 6.54. The zero-order chi connectivity index (χ0) is 18.0. The van der Waals surface area contributed by atoms with Crippen LogP contribution >= 0.6 is 0 Å². The van der Waals surface area contributed by atoms with Gasteiger partial charge in [0.15, 0.2) is 0 Å². The van der Waals surface area contributed by atoms with Crippen LogP contribution in [0.25, 0.3) is 0 Å². The molecule has 0 radical (unpaired) electrons. The van der Waals surface area contributed by atoms with Crippen LogP contribution in [-0.2, 0) is 10.0 Å². The Balaban J connectivity index is 1.68. The zero-order valence-corrected chi connectivity index (χ0v) is 15.9. The van der Waals surface area contributed by atoms with Crippen molar-refractivity contribution in [1.29, 1.82) is 0 Å². The Kier molecular flexibility index (Phi) is 5.49. The van der Waals surface area contributed by atoms with E-state index in [1.165, 1.54) is 10.7 Å². The lowest BCUT2D eigenvalue weighted by molar-refractivity contribution is 0.0891. The van der Waals surface area contributed by atoms with Crippen LogP contribution in [0.3, 0.4) is 0 Å². The Bertz CT molecular complexity index is 709. The Morgan fingerprint density at radius 1 is 1.04 bits per heavy atom. The minimum absolute atomic E-state index is 0.115. The molecule has 1 N–H and O–H groups in total. The van der Waals surface area contributed by atoms with Gasteiger partial charge in [0.05, 0.1) is 4.90 Å². The molecule has 2 aliphatic rings. The molecule has 0 unspecified atom stereocenters. The van der Waals surface area contributed by atoms with Crippen molar-refractivity contribution in [2.45, 2.75) is 56.9 Å². The molecule has 1 aliphatic carbocycles. The van der Waals surface area contributed by atoms with Crippen molar-refractivity contribution in [2.75, 3.05) is 13.1 Å². The molecule has 1 aliphatic heterocycles. The predicted octanol–water partition coefficient (Wildman–Crippen LogP) is 3.03. The van der Waals surface area contributed by atoms with Gasteiger partial charge >= 0.3 is 0 Å². The molecule has 138 valence electrons. The van der Waals surface area contributed by atoms with E-state index >= 15 is 0 Å². The van der Waals surface area contributed by atoms with Gasteiger partial charge in [-0.05, 0) is 55.4 Å². The second-order valence-corrected chi connectivity index (χ2v) is 9.42. The van der Waals surface area contributed by atoms with E-state index in [-0.39, 0.29) is 16.8 Å². The van der Waals surface area contributed by atoms with Crippen LogP contribution in [0.15, 0.2) is 29.2 Å². The number of nitrogens with zero attached hydrogens (tertiary/aromatic N) is 1. The summed E-state index contributed by atoms with van der Waals surface area (Å²) in [4.78, 5) is 12.8. The van der Waals surface area contributed by atoms with Gasteiger partial charge in [0.2, 0.25) is 10.0 Å². The molecule has 1 saturated carbocycles. The number of hydrogen-bond acceptors (Lipinski definition) is 3. The third-order valence-electron chi connectivity index (χ3n) is 5.84. The summed E-state index contributed by atoms with van der Waals surface area (Å²) in [7, 11) is -3.42. The largest absolute Gasteiger partial charge is 0.349 e. The molecule has 1 heterocycles. The van der Waals surface area contributed by atoms with E-state index < -0.39 is 10.0 Å². The average Bonchev–Trinajstić information content (AvgIpc) is 3.14. The summed E-state index contributed by atoms with van der Waals surface area (Å²) in [6.45, 7) is 5.60. The molecule has 0 spiro atoms. The predicted molar refractivity (Wildman–Crippen MR) is 97.9 cm³/mol. The smallest absolute Gasteiger partial charge is 0.251 e. The number of sulfonamides is 1. The fourth-order valence-corrected chi connectivity index (χ4v) is 5.41. The first-order chi connectivity index (χ1) is 11.9. The van der Waals surface area contributed by atoms with E-state index in [0.29, 0.717) is 30.5 Å². The van der Waals surface area contributed by atoms with Crippen molar-refractivity contribution in [3.63, 3.8) is 0 Å². The van der Waals surface area contributed by atoms with Crippen molar-refractivity contribution in [2.24, 2.45) is 11.8 Å². The number of benzene rings is 1. The van der Waals surface area contributed by atoms with E-state index in [1.54, 1.807) is 24.3 Å². The fraction of sp³-hybridized carbons (Fsp3) is 0.632. The fourth-order valence-electron chi connectivity index (χ4n) is 3.89. The molecule has 1 amide bonds. The number of carbonyl (C=O) groups is 1. The Labute approximate surface area is 150 Å². The molecule has 1 aromatic carbocycles. The first kappa shape index (κ1) is 18.4. The van der Waals surface area contributed by atoms with Crippen LogP contribution in [0.5, 0.6) is 0 Å². The van der Waals surface area contributed by atoms with Crippen molar-refractivity contribution >= 4 is 15.9 Å². The summed E-state index contributed by atoms with van der Waals surface area (Å²) in [5.41, 5.74) is 0.519. The highest BCUT2D eigenvalue weighted by molar-refractivity contribution is 7.89. The summed E-state index contributed by atoms with van der Waals surface area (Å²) in [6.07, 6.45) is 5.20. The second-order valence-electron chi connectivity index (χ2n) is 7.48. The van der Waals surface area contributed by atoms with Gasteiger partial charge in [-0.1, -0.05) is 26.7 Å². The van der Waals surface area contributed by atoms with Crippen molar-refractivity contribution in [1.82, 2.24) is 9.62 Å². The summed E-state index contributed by atoms with van der Waals surface area (Å²) in [5.74, 6) is 0.968. The van der Waals surface area contributed by atoms with E-state index in [0.717, 1.165) is 25.7 Å². The van der Waals surface area contributed by atoms with Gasteiger partial charge in [0.1, 0.15) is 0 Å². The number of hydrogen-bond donors (Lipinski definition) is 1. The van der Waals surface area contributed by atoms with Gasteiger partial charge in [0, 0.05) is 24.7 Å². The highest BCUT2D eigenvalue weighted by Crippen LogP contribution is 2.29. The molecule has 25 heavy (non-hydrogen) atoms. The van der Waals surface area contributed by atoms with Crippen molar-refractivity contribution in [3.8, 4) is 0 Å². The van der Waals surface area contributed by atoms with E-state index in [2.05, 4.69) is 19.2 Å². The summed E-state index contributed by atoms with van der Waals surface area (Å²) >= 11 is 0. The molecular formula is C19H28N2O3S. The third-order valence-corrected chi connectivity index (χ3v) is 7.76. The first-order valence-electron chi connectivity index (χ1n) is 9.30. The molecule has 2 fully saturated rings. The molecular weight excluding hydrogens is 336 g/mol. The Morgan fingerprint density at radius 2 is 1.68 bits per heavy atom. The van der Waals surface area contributed by atoms with Crippen LogP contribution in [0.4, 0.5) is 0 Å². The monoisotopic (exact) mass is 364 g/mol. The maximum Gasteiger partial charge on any atom is 0.251 e. The lowest BCUT2D eigenvalue weighted by Crippen LogP contribution is -2.43. The summed E-state index contributed by atoms with van der Waals surface area (Å²) < 4.78 is 26.6. The van der Waals surface area contributed by atoms with Gasteiger partial charge in [0.25, 0.3) is 5.91 Å². The number of rotatable bonds is 4. The van der Waals surface area contributed by atoms with Crippen LogP contribution in [0.1, 0.15) is 56.3 Å². The Morgan fingerprint density at radius 3 is 2.32 bits per heavy atom. The minimum atomic E-state index is -3.42. The van der Waals surface area contributed by atoms with E-state index in [4.69, 9.17) is 0 Å². The van der Waals surface area contributed by atoms with Crippen LogP contribution < -0.4 is 5.32 Å². The van der Waals surface area contributed by atoms with Gasteiger partial charge in [-0.15, -0.1) is 0 Å². The molecule has 3 atom stereocenters. The van der Waals surface area contributed by atoms with Crippen LogP contribution in [-0.4, -0.2) is 37.8 Å². The van der Waals surface area contributed by atoms with E-state index in [1.807, 2.05) is 0 Å². The van der Waals surface area contributed by atoms with E-state index in [9.17, 15) is 13.2 Å². The maximum absolute atomic E-state index is 12.5. The SMILES string of the molecule is C[C@H]1[C@H](C)CCC[C@@H]1NC(=O)c1ccc(S(=O)(=O)N2CCCC2)cc1. The third kappa shape index (κ3) is 3.90. The van der Waals surface area contributed by atoms with Gasteiger partial charge < -0.3 is 5.32 Å². The van der Waals surface area contributed by atoms with Gasteiger partial charge in [-0.2, -0.15) is 4.31 Å². The number of nitrogens with one attached hydrogen (secondary N) is 1. The van der Waals surface area contributed by atoms with Gasteiger partial charge in [-0.25, -0.2) is 8.42 Å². The van der Waals surface area contributed by atoms with Crippen LogP contribution in [0, 0.1) is 11.8 Å². The Hall–Kier alpha value is -1.40. The summed E-state index contributed by atoms with van der Waals surface area (Å²) in [5, 5.41) is 3.13. The molecule has 1 aromatic rings. The standard InChI is InChI=1S/C19H28N2O3S/c1-14-6-5-7-18(15(14)2)20-19(22)16-8-10-17(11-9-16)25(23,24)21-12-3-4-13-21/h8-11,14-15,18H,3-7,12-13H2,1-2H3,(H,20,22)/t14-,15+,18+/m1/s1. The molecule has 1 saturated heterocycles. The van der Waals surface area contributed by atoms with Crippen molar-refractivity contribution in [3.05, 3.63) is 29.8 Å². The average molecular weight is 365 g/mol. The normalized spacial score (nSPS) is 28.0. The molecule has 0 bridgehead atoms. The number of carbonyl (C=O) groups excluding carboxylic acids is 1. The molecule has 5 nitrogen and oxygen atoms in total.